The van der Waals surface area contributed by atoms with Gasteiger partial charge in [-0.2, -0.15) is 5.10 Å². The summed E-state index contributed by atoms with van der Waals surface area (Å²) in [5.74, 6) is -0.486. The molecule has 106 valence electrons. The topological polar surface area (TPSA) is 86.9 Å². The minimum absolute atomic E-state index is 0.0919. The maximum atomic E-state index is 11.2. The first kappa shape index (κ1) is 14.7. The Morgan fingerprint density at radius 1 is 1.50 bits per heavy atom. The van der Waals surface area contributed by atoms with Crippen molar-refractivity contribution in [3.63, 3.8) is 0 Å². The van der Waals surface area contributed by atoms with Crippen molar-refractivity contribution in [3.8, 4) is 5.69 Å². The van der Waals surface area contributed by atoms with E-state index in [0.717, 1.165) is 28.6 Å². The average molecular weight is 337 g/mol. The Kier molecular flexibility index (Phi) is 4.57. The summed E-state index contributed by atoms with van der Waals surface area (Å²) in [6.07, 6.45) is 4.75. The second-order valence-electron chi connectivity index (χ2n) is 4.68. The summed E-state index contributed by atoms with van der Waals surface area (Å²) in [7, 11) is 0. The fraction of sp³-hybridized carbons (Fsp3) is 0.286. The average Bonchev–Trinajstić information content (AvgIpc) is 2.88. The Bertz CT molecular complexity index is 623. The van der Waals surface area contributed by atoms with Crippen LogP contribution in [0.1, 0.15) is 29.3 Å². The van der Waals surface area contributed by atoms with E-state index >= 15 is 0 Å². The SMILES string of the molecule is CCC(N)Cc1cc(Br)ccc1-n1cc(C(N)=O)cn1. The summed E-state index contributed by atoms with van der Waals surface area (Å²) in [6, 6.07) is 5.99. The molecule has 0 saturated heterocycles. The highest BCUT2D eigenvalue weighted by molar-refractivity contribution is 9.10. The highest BCUT2D eigenvalue weighted by atomic mass is 79.9. The summed E-state index contributed by atoms with van der Waals surface area (Å²) in [4.78, 5) is 11.2. The zero-order chi connectivity index (χ0) is 14.7. The van der Waals surface area contributed by atoms with E-state index < -0.39 is 5.91 Å². The third-order valence-electron chi connectivity index (χ3n) is 3.16. The van der Waals surface area contributed by atoms with E-state index in [-0.39, 0.29) is 6.04 Å². The molecule has 0 fully saturated rings. The van der Waals surface area contributed by atoms with Gasteiger partial charge in [0.2, 0.25) is 0 Å². The molecule has 6 heteroatoms. The molecule has 2 aromatic rings. The lowest BCUT2D eigenvalue weighted by Crippen LogP contribution is -2.22. The van der Waals surface area contributed by atoms with Gasteiger partial charge in [0.05, 0.1) is 17.4 Å². The third kappa shape index (κ3) is 3.26. The second kappa shape index (κ2) is 6.19. The molecule has 0 spiro atoms. The Morgan fingerprint density at radius 2 is 2.25 bits per heavy atom. The van der Waals surface area contributed by atoms with Crippen LogP contribution in [0, 0.1) is 0 Å². The molecule has 0 aliphatic rings. The highest BCUT2D eigenvalue weighted by Crippen LogP contribution is 2.21. The van der Waals surface area contributed by atoms with E-state index in [4.69, 9.17) is 11.5 Å². The molecule has 1 amide bonds. The van der Waals surface area contributed by atoms with Crippen LogP contribution < -0.4 is 11.5 Å². The van der Waals surface area contributed by atoms with Crippen molar-refractivity contribution in [2.24, 2.45) is 11.5 Å². The van der Waals surface area contributed by atoms with Crippen LogP contribution in [-0.4, -0.2) is 21.7 Å². The highest BCUT2D eigenvalue weighted by Gasteiger charge is 2.12. The molecule has 0 aliphatic heterocycles. The summed E-state index contributed by atoms with van der Waals surface area (Å²) in [5, 5.41) is 4.19. The summed E-state index contributed by atoms with van der Waals surface area (Å²) in [5.41, 5.74) is 13.7. The number of nitrogens with zero attached hydrogens (tertiary/aromatic N) is 2. The number of primary amides is 1. The van der Waals surface area contributed by atoms with Gasteiger partial charge in [-0.05, 0) is 36.6 Å². The van der Waals surface area contributed by atoms with Crippen LogP contribution in [0.2, 0.25) is 0 Å². The van der Waals surface area contributed by atoms with Crippen LogP contribution >= 0.6 is 15.9 Å². The summed E-state index contributed by atoms with van der Waals surface area (Å²) < 4.78 is 2.64. The molecule has 1 atom stereocenters. The maximum absolute atomic E-state index is 11.2. The van der Waals surface area contributed by atoms with Crippen LogP contribution in [0.5, 0.6) is 0 Å². The van der Waals surface area contributed by atoms with Gasteiger partial charge in [-0.1, -0.05) is 22.9 Å². The molecule has 0 bridgehead atoms. The quantitative estimate of drug-likeness (QED) is 0.875. The number of rotatable bonds is 5. The minimum atomic E-state index is -0.486. The number of hydrogen-bond donors (Lipinski definition) is 2. The van der Waals surface area contributed by atoms with E-state index in [1.807, 2.05) is 18.2 Å². The van der Waals surface area contributed by atoms with Gasteiger partial charge in [0, 0.05) is 16.7 Å². The van der Waals surface area contributed by atoms with E-state index in [0.29, 0.717) is 5.56 Å². The molecule has 0 aliphatic carbocycles. The maximum Gasteiger partial charge on any atom is 0.251 e. The van der Waals surface area contributed by atoms with Gasteiger partial charge in [0.1, 0.15) is 0 Å². The van der Waals surface area contributed by atoms with Crippen LogP contribution in [0.15, 0.2) is 35.1 Å². The van der Waals surface area contributed by atoms with Crippen molar-refractivity contribution in [1.29, 1.82) is 0 Å². The second-order valence-corrected chi connectivity index (χ2v) is 5.60. The monoisotopic (exact) mass is 336 g/mol. The van der Waals surface area contributed by atoms with Crippen molar-refractivity contribution >= 4 is 21.8 Å². The Hall–Kier alpha value is -1.66. The molecule has 1 heterocycles. The molecule has 1 aromatic heterocycles. The number of benzene rings is 1. The fourth-order valence-electron chi connectivity index (χ4n) is 1.95. The molecule has 5 nitrogen and oxygen atoms in total. The number of amides is 1. The molecule has 2 rings (SSSR count). The van der Waals surface area contributed by atoms with Crippen molar-refractivity contribution in [1.82, 2.24) is 9.78 Å². The van der Waals surface area contributed by atoms with Gasteiger partial charge in [-0.25, -0.2) is 4.68 Å². The van der Waals surface area contributed by atoms with Gasteiger partial charge < -0.3 is 11.5 Å². The van der Waals surface area contributed by atoms with Gasteiger partial charge in [0.25, 0.3) is 5.91 Å². The van der Waals surface area contributed by atoms with Crippen LogP contribution in [-0.2, 0) is 6.42 Å². The normalized spacial score (nSPS) is 12.3. The first-order valence-electron chi connectivity index (χ1n) is 6.40. The van der Waals surface area contributed by atoms with E-state index in [1.54, 1.807) is 10.9 Å². The van der Waals surface area contributed by atoms with Crippen molar-refractivity contribution in [2.75, 3.05) is 0 Å². The summed E-state index contributed by atoms with van der Waals surface area (Å²) in [6.45, 7) is 2.06. The third-order valence-corrected chi connectivity index (χ3v) is 3.66. The van der Waals surface area contributed by atoms with Crippen molar-refractivity contribution in [3.05, 3.63) is 46.2 Å². The zero-order valence-corrected chi connectivity index (χ0v) is 12.8. The number of aromatic nitrogens is 2. The number of nitrogens with two attached hydrogens (primary N) is 2. The first-order valence-corrected chi connectivity index (χ1v) is 7.19. The lowest BCUT2D eigenvalue weighted by atomic mass is 10.0. The number of carbonyl (C=O) groups is 1. The Morgan fingerprint density at radius 3 is 2.85 bits per heavy atom. The van der Waals surface area contributed by atoms with Gasteiger partial charge in [-0.15, -0.1) is 0 Å². The van der Waals surface area contributed by atoms with Gasteiger partial charge in [-0.3, -0.25) is 4.79 Å². The smallest absolute Gasteiger partial charge is 0.251 e. The fourth-order valence-corrected chi connectivity index (χ4v) is 2.36. The predicted molar refractivity (Wildman–Crippen MR) is 81.8 cm³/mol. The van der Waals surface area contributed by atoms with Gasteiger partial charge >= 0.3 is 0 Å². The summed E-state index contributed by atoms with van der Waals surface area (Å²) >= 11 is 3.46. The molecule has 0 saturated carbocycles. The molecular formula is C14H17BrN4O. The number of hydrogen-bond acceptors (Lipinski definition) is 3. The van der Waals surface area contributed by atoms with Crippen molar-refractivity contribution in [2.45, 2.75) is 25.8 Å². The zero-order valence-electron chi connectivity index (χ0n) is 11.2. The van der Waals surface area contributed by atoms with E-state index in [2.05, 4.69) is 28.0 Å². The van der Waals surface area contributed by atoms with Crippen LogP contribution in [0.3, 0.4) is 0 Å². The van der Waals surface area contributed by atoms with Crippen LogP contribution in [0.25, 0.3) is 5.69 Å². The molecule has 0 radical (unpaired) electrons. The largest absolute Gasteiger partial charge is 0.366 e. The minimum Gasteiger partial charge on any atom is -0.366 e. The lowest BCUT2D eigenvalue weighted by Gasteiger charge is -2.14. The molecule has 4 N–H and O–H groups in total. The standard InChI is InChI=1S/C14H17BrN4O/c1-2-12(16)6-9-5-11(15)3-4-13(9)19-8-10(7-18-19)14(17)20/h3-5,7-8,12H,2,6,16H2,1H3,(H2,17,20). The first-order chi connectivity index (χ1) is 9.51. The lowest BCUT2D eigenvalue weighted by molar-refractivity contribution is 0.100. The molecular weight excluding hydrogens is 320 g/mol. The molecule has 1 aromatic carbocycles. The van der Waals surface area contributed by atoms with Gasteiger partial charge in [0.15, 0.2) is 0 Å². The molecule has 1 unspecified atom stereocenters. The van der Waals surface area contributed by atoms with Crippen LogP contribution in [0.4, 0.5) is 0 Å². The Balaban J connectivity index is 2.41. The Labute approximate surface area is 126 Å². The van der Waals surface area contributed by atoms with Crippen molar-refractivity contribution < 1.29 is 4.79 Å². The van der Waals surface area contributed by atoms with E-state index in [1.165, 1.54) is 6.20 Å². The van der Waals surface area contributed by atoms with E-state index in [9.17, 15) is 4.79 Å². The molecule has 20 heavy (non-hydrogen) atoms. The predicted octanol–water partition coefficient (Wildman–Crippen LogP) is 2.01. The number of carbonyl (C=O) groups excluding carboxylic acids is 1. The number of halogens is 1.